The summed E-state index contributed by atoms with van der Waals surface area (Å²) in [4.78, 5) is 0. The van der Waals surface area contributed by atoms with Crippen molar-refractivity contribution in [2.45, 2.75) is 19.3 Å². The van der Waals surface area contributed by atoms with Gasteiger partial charge < -0.3 is 0 Å². The molecule has 0 saturated heterocycles. The number of aryl methyl sites for hydroxylation is 2. The van der Waals surface area contributed by atoms with Crippen LogP contribution < -0.4 is 0 Å². The monoisotopic (exact) mass is 422 g/mol. The largest absolute Gasteiger partial charge is 0.0713 e. The number of rotatable bonds is 3. The molecular formula is C33H26. The highest BCUT2D eigenvalue weighted by Crippen LogP contribution is 2.56. The zero-order valence-corrected chi connectivity index (χ0v) is 19.0. The Morgan fingerprint density at radius 1 is 0.455 bits per heavy atom. The first-order chi connectivity index (χ1) is 16.2. The summed E-state index contributed by atoms with van der Waals surface area (Å²) in [6.45, 7) is 4.37. The summed E-state index contributed by atoms with van der Waals surface area (Å²) in [6, 6.07) is 44.7. The average molecular weight is 423 g/mol. The molecule has 0 radical (unpaired) electrons. The molecule has 0 aliphatic heterocycles. The van der Waals surface area contributed by atoms with Gasteiger partial charge in [-0.1, -0.05) is 121 Å². The molecule has 0 fully saturated rings. The highest BCUT2D eigenvalue weighted by atomic mass is 14.5. The minimum Gasteiger partial charge on any atom is -0.0622 e. The molecule has 33 heavy (non-hydrogen) atoms. The van der Waals surface area contributed by atoms with Crippen molar-refractivity contribution in [3.63, 3.8) is 0 Å². The van der Waals surface area contributed by atoms with Crippen LogP contribution in [0, 0.1) is 13.8 Å². The fourth-order valence-corrected chi connectivity index (χ4v) is 5.66. The zero-order chi connectivity index (χ0) is 22.4. The third kappa shape index (κ3) is 2.91. The lowest BCUT2D eigenvalue weighted by Gasteiger charge is -2.33. The molecule has 158 valence electrons. The summed E-state index contributed by atoms with van der Waals surface area (Å²) in [5.41, 5.74) is 12.9. The minimum atomic E-state index is -0.325. The molecule has 0 N–H and O–H groups in total. The maximum atomic E-state index is 2.41. The van der Waals surface area contributed by atoms with Gasteiger partial charge in [-0.25, -0.2) is 0 Å². The SMILES string of the molecule is Cc1ccc(C)c(-c2ccc3c(c2)-c2ccccc2C3(c2ccccc2)c2ccccc2)c1. The van der Waals surface area contributed by atoms with Crippen molar-refractivity contribution in [3.8, 4) is 22.3 Å². The molecule has 0 heteroatoms. The highest BCUT2D eigenvalue weighted by Gasteiger charge is 2.45. The van der Waals surface area contributed by atoms with E-state index in [0.717, 1.165) is 0 Å². The van der Waals surface area contributed by atoms with Crippen LogP contribution in [0.4, 0.5) is 0 Å². The maximum Gasteiger partial charge on any atom is 0.0713 e. The van der Waals surface area contributed by atoms with E-state index in [1.807, 2.05) is 0 Å². The normalized spacial score (nSPS) is 13.4. The van der Waals surface area contributed by atoms with E-state index in [1.165, 1.54) is 55.6 Å². The summed E-state index contributed by atoms with van der Waals surface area (Å²) in [5.74, 6) is 0. The van der Waals surface area contributed by atoms with Gasteiger partial charge in [-0.05, 0) is 70.0 Å². The van der Waals surface area contributed by atoms with Gasteiger partial charge in [-0.15, -0.1) is 0 Å². The quantitative estimate of drug-likeness (QED) is 0.269. The van der Waals surface area contributed by atoms with Crippen LogP contribution in [0.1, 0.15) is 33.4 Å². The Hall–Kier alpha value is -3.90. The fraction of sp³-hybridized carbons (Fsp3) is 0.0909. The Labute approximate surface area is 196 Å². The predicted octanol–water partition coefficient (Wildman–Crippen LogP) is 8.33. The molecule has 0 unspecified atom stereocenters. The standard InChI is InChI=1S/C33H26/c1-23-17-18-24(2)29(21-23)25-19-20-32-30(22-25)28-15-9-10-16-31(28)33(32,26-11-5-3-6-12-26)27-13-7-4-8-14-27/h3-22H,1-2H3. The Bertz CT molecular complexity index is 1420. The van der Waals surface area contributed by atoms with Gasteiger partial charge in [0.25, 0.3) is 0 Å². The van der Waals surface area contributed by atoms with E-state index >= 15 is 0 Å². The molecule has 0 heterocycles. The molecule has 1 aliphatic carbocycles. The van der Waals surface area contributed by atoms with E-state index in [9.17, 15) is 0 Å². The minimum absolute atomic E-state index is 0.325. The van der Waals surface area contributed by atoms with Crippen molar-refractivity contribution in [1.82, 2.24) is 0 Å². The van der Waals surface area contributed by atoms with Crippen LogP contribution in [0.25, 0.3) is 22.3 Å². The van der Waals surface area contributed by atoms with Gasteiger partial charge >= 0.3 is 0 Å². The van der Waals surface area contributed by atoms with Crippen LogP contribution in [0.3, 0.4) is 0 Å². The van der Waals surface area contributed by atoms with Gasteiger partial charge in [0, 0.05) is 0 Å². The second kappa shape index (κ2) is 7.60. The van der Waals surface area contributed by atoms with E-state index in [1.54, 1.807) is 0 Å². The number of hydrogen-bond donors (Lipinski definition) is 0. The first-order valence-electron chi connectivity index (χ1n) is 11.6. The Morgan fingerprint density at radius 2 is 1.06 bits per heavy atom. The first-order valence-corrected chi connectivity index (χ1v) is 11.6. The van der Waals surface area contributed by atoms with Gasteiger partial charge in [-0.3, -0.25) is 0 Å². The Kier molecular flexibility index (Phi) is 4.55. The molecule has 0 aromatic heterocycles. The summed E-state index contributed by atoms with van der Waals surface area (Å²) >= 11 is 0. The summed E-state index contributed by atoms with van der Waals surface area (Å²) < 4.78 is 0. The van der Waals surface area contributed by atoms with Crippen LogP contribution in [0.15, 0.2) is 121 Å². The molecule has 5 aromatic carbocycles. The van der Waals surface area contributed by atoms with Crippen LogP contribution in [0.5, 0.6) is 0 Å². The Morgan fingerprint density at radius 3 is 1.76 bits per heavy atom. The molecular weight excluding hydrogens is 396 g/mol. The molecule has 0 saturated carbocycles. The van der Waals surface area contributed by atoms with Crippen LogP contribution in [0.2, 0.25) is 0 Å². The van der Waals surface area contributed by atoms with Crippen molar-refractivity contribution >= 4 is 0 Å². The van der Waals surface area contributed by atoms with E-state index < -0.39 is 0 Å². The number of hydrogen-bond acceptors (Lipinski definition) is 0. The smallest absolute Gasteiger partial charge is 0.0622 e. The third-order valence-electron chi connectivity index (χ3n) is 7.16. The molecule has 0 spiro atoms. The van der Waals surface area contributed by atoms with Crippen molar-refractivity contribution in [1.29, 1.82) is 0 Å². The molecule has 1 aliphatic rings. The van der Waals surface area contributed by atoms with Gasteiger partial charge in [0.05, 0.1) is 5.41 Å². The van der Waals surface area contributed by atoms with E-state index in [0.29, 0.717) is 0 Å². The zero-order valence-electron chi connectivity index (χ0n) is 19.0. The van der Waals surface area contributed by atoms with E-state index in [2.05, 4.69) is 135 Å². The summed E-state index contributed by atoms with van der Waals surface area (Å²) in [7, 11) is 0. The van der Waals surface area contributed by atoms with Crippen molar-refractivity contribution in [2.75, 3.05) is 0 Å². The summed E-state index contributed by atoms with van der Waals surface area (Å²) in [5, 5.41) is 0. The molecule has 5 aromatic rings. The molecule has 6 rings (SSSR count). The lowest BCUT2D eigenvalue weighted by atomic mass is 9.67. The second-order valence-electron chi connectivity index (χ2n) is 9.11. The maximum absolute atomic E-state index is 2.41. The van der Waals surface area contributed by atoms with Gasteiger partial charge in [0.1, 0.15) is 0 Å². The van der Waals surface area contributed by atoms with Crippen molar-refractivity contribution < 1.29 is 0 Å². The van der Waals surface area contributed by atoms with Crippen LogP contribution >= 0.6 is 0 Å². The van der Waals surface area contributed by atoms with Gasteiger partial charge in [0.15, 0.2) is 0 Å². The number of fused-ring (bicyclic) bond motifs is 3. The van der Waals surface area contributed by atoms with Crippen molar-refractivity contribution in [3.05, 3.63) is 155 Å². The fourth-order valence-electron chi connectivity index (χ4n) is 5.66. The van der Waals surface area contributed by atoms with Crippen LogP contribution in [-0.2, 0) is 5.41 Å². The predicted molar refractivity (Wildman–Crippen MR) is 139 cm³/mol. The van der Waals surface area contributed by atoms with Crippen molar-refractivity contribution in [2.24, 2.45) is 0 Å². The topological polar surface area (TPSA) is 0 Å². The third-order valence-corrected chi connectivity index (χ3v) is 7.16. The molecule has 0 amide bonds. The van der Waals surface area contributed by atoms with E-state index in [4.69, 9.17) is 0 Å². The highest BCUT2D eigenvalue weighted by molar-refractivity contribution is 5.89. The molecule has 0 bridgehead atoms. The first kappa shape index (κ1) is 19.8. The summed E-state index contributed by atoms with van der Waals surface area (Å²) in [6.07, 6.45) is 0. The van der Waals surface area contributed by atoms with E-state index in [-0.39, 0.29) is 5.41 Å². The van der Waals surface area contributed by atoms with Crippen LogP contribution in [-0.4, -0.2) is 0 Å². The lowest BCUT2D eigenvalue weighted by Crippen LogP contribution is -2.28. The number of benzene rings is 5. The molecule has 0 atom stereocenters. The molecule has 0 nitrogen and oxygen atoms in total. The lowest BCUT2D eigenvalue weighted by molar-refractivity contribution is 0.768. The Balaban J connectivity index is 1.70. The van der Waals surface area contributed by atoms with Gasteiger partial charge in [-0.2, -0.15) is 0 Å². The second-order valence-corrected chi connectivity index (χ2v) is 9.11. The average Bonchev–Trinajstić information content (AvgIpc) is 3.17. The van der Waals surface area contributed by atoms with Gasteiger partial charge in [0.2, 0.25) is 0 Å².